The van der Waals surface area contributed by atoms with E-state index in [1.54, 1.807) is 0 Å². The number of nitrogens with zero attached hydrogens (tertiary/aromatic N) is 1. The maximum atomic E-state index is 2.50. The molecule has 0 fully saturated rings. The molecule has 0 amide bonds. The predicted octanol–water partition coefficient (Wildman–Crippen LogP) is 7.78. The molecule has 154 valence electrons. The molecular weight excluding hydrogens is 374 g/mol. The fourth-order valence-corrected chi connectivity index (χ4v) is 4.75. The van der Waals surface area contributed by atoms with Gasteiger partial charge in [-0.05, 0) is 72.2 Å². The number of benzene rings is 2. The first kappa shape index (κ1) is 19.6. The van der Waals surface area contributed by atoms with Crippen LogP contribution >= 0.6 is 0 Å². The van der Waals surface area contributed by atoms with Gasteiger partial charge in [0.05, 0.1) is 0 Å². The molecule has 0 aromatic heterocycles. The Morgan fingerprint density at radius 1 is 0.774 bits per heavy atom. The third-order valence-corrected chi connectivity index (χ3v) is 6.39. The van der Waals surface area contributed by atoms with E-state index in [4.69, 9.17) is 0 Å². The summed E-state index contributed by atoms with van der Waals surface area (Å²) < 4.78 is 0. The van der Waals surface area contributed by atoms with Crippen LogP contribution in [0.2, 0.25) is 0 Å². The van der Waals surface area contributed by atoms with E-state index in [0.29, 0.717) is 5.92 Å². The van der Waals surface area contributed by atoms with Crippen LogP contribution < -0.4 is 4.90 Å². The molecule has 1 atom stereocenters. The van der Waals surface area contributed by atoms with Crippen LogP contribution in [-0.2, 0) is 0 Å². The monoisotopic (exact) mass is 403 g/mol. The van der Waals surface area contributed by atoms with Crippen molar-refractivity contribution in [1.29, 1.82) is 0 Å². The van der Waals surface area contributed by atoms with Crippen LogP contribution in [-0.4, -0.2) is 6.54 Å². The average molecular weight is 404 g/mol. The summed E-state index contributed by atoms with van der Waals surface area (Å²) in [4.78, 5) is 2.50. The standard InChI is InChI=1S/C30H29N/c1-2-7-17-28(16-6-1)31(23-27-15-10-14-26-13-8-9-18-30(26)27)29-21-19-25(20-22-29)24-11-4-3-5-12-24/h1,3-7,9-12,14,16-22,27H,2,8,13,15,23H2. The summed E-state index contributed by atoms with van der Waals surface area (Å²) in [6.45, 7) is 0.988. The molecule has 2 aromatic carbocycles. The van der Waals surface area contributed by atoms with E-state index in [9.17, 15) is 0 Å². The average Bonchev–Trinajstić information content (AvgIpc) is 3.13. The molecule has 0 aliphatic heterocycles. The highest BCUT2D eigenvalue weighted by molar-refractivity contribution is 5.67. The van der Waals surface area contributed by atoms with E-state index in [1.165, 1.54) is 46.5 Å². The Labute approximate surface area is 186 Å². The smallest absolute Gasteiger partial charge is 0.0411 e. The summed E-state index contributed by atoms with van der Waals surface area (Å²) >= 11 is 0. The van der Waals surface area contributed by atoms with Crippen molar-refractivity contribution in [3.05, 3.63) is 126 Å². The SMILES string of the molecule is C1=CCC=CC(N(CC2CC=CC3=C2C=CCC3)c2ccc(-c3ccccc3)cc2)=C1. The lowest BCUT2D eigenvalue weighted by molar-refractivity contribution is 0.610. The Bertz CT molecular complexity index is 1090. The molecule has 31 heavy (non-hydrogen) atoms. The zero-order chi connectivity index (χ0) is 20.9. The zero-order valence-electron chi connectivity index (χ0n) is 18.0. The molecule has 2 aromatic rings. The number of allylic oxidation sites excluding steroid dienone is 10. The second-order valence-electron chi connectivity index (χ2n) is 8.44. The van der Waals surface area contributed by atoms with Gasteiger partial charge in [-0.3, -0.25) is 0 Å². The summed E-state index contributed by atoms with van der Waals surface area (Å²) in [5, 5.41) is 0. The highest BCUT2D eigenvalue weighted by Crippen LogP contribution is 2.35. The summed E-state index contributed by atoms with van der Waals surface area (Å²) in [5.41, 5.74) is 8.10. The molecule has 0 saturated heterocycles. The topological polar surface area (TPSA) is 3.24 Å². The summed E-state index contributed by atoms with van der Waals surface area (Å²) in [7, 11) is 0. The molecule has 1 nitrogen and oxygen atoms in total. The van der Waals surface area contributed by atoms with Crippen LogP contribution in [0.3, 0.4) is 0 Å². The molecule has 5 rings (SSSR count). The van der Waals surface area contributed by atoms with Gasteiger partial charge in [0, 0.05) is 23.8 Å². The quantitative estimate of drug-likeness (QED) is 0.492. The largest absolute Gasteiger partial charge is 0.341 e. The van der Waals surface area contributed by atoms with Crippen molar-refractivity contribution < 1.29 is 0 Å². The minimum atomic E-state index is 0.520. The van der Waals surface area contributed by atoms with Gasteiger partial charge in [0.2, 0.25) is 0 Å². The maximum absolute atomic E-state index is 2.50. The van der Waals surface area contributed by atoms with E-state index >= 15 is 0 Å². The van der Waals surface area contributed by atoms with Gasteiger partial charge in [0.25, 0.3) is 0 Å². The van der Waals surface area contributed by atoms with E-state index in [2.05, 4.69) is 114 Å². The number of anilines is 1. The number of hydrogen-bond donors (Lipinski definition) is 0. The van der Waals surface area contributed by atoms with Crippen molar-refractivity contribution in [2.45, 2.75) is 25.7 Å². The molecular formula is C30H29N. The lowest BCUT2D eigenvalue weighted by Crippen LogP contribution is -2.30. The molecule has 0 radical (unpaired) electrons. The van der Waals surface area contributed by atoms with Crippen molar-refractivity contribution in [3.8, 4) is 11.1 Å². The van der Waals surface area contributed by atoms with Crippen LogP contribution in [0.15, 0.2) is 126 Å². The first-order valence-corrected chi connectivity index (χ1v) is 11.4. The Balaban J connectivity index is 1.47. The minimum absolute atomic E-state index is 0.520. The van der Waals surface area contributed by atoms with Gasteiger partial charge < -0.3 is 4.90 Å². The molecule has 3 aliphatic carbocycles. The van der Waals surface area contributed by atoms with Gasteiger partial charge in [0.15, 0.2) is 0 Å². The summed E-state index contributed by atoms with van der Waals surface area (Å²) in [5.74, 6) is 0.520. The highest BCUT2D eigenvalue weighted by atomic mass is 15.1. The normalized spacial score (nSPS) is 19.7. The van der Waals surface area contributed by atoms with Crippen LogP contribution in [0, 0.1) is 5.92 Å². The van der Waals surface area contributed by atoms with Crippen LogP contribution in [0.5, 0.6) is 0 Å². The highest BCUT2D eigenvalue weighted by Gasteiger charge is 2.23. The van der Waals surface area contributed by atoms with E-state index in [0.717, 1.165) is 19.4 Å². The molecule has 0 N–H and O–H groups in total. The van der Waals surface area contributed by atoms with Crippen LogP contribution in [0.25, 0.3) is 11.1 Å². The maximum Gasteiger partial charge on any atom is 0.0411 e. The number of rotatable bonds is 5. The molecule has 3 aliphatic rings. The molecule has 0 bridgehead atoms. The van der Waals surface area contributed by atoms with E-state index in [-0.39, 0.29) is 0 Å². The fourth-order valence-electron chi connectivity index (χ4n) is 4.75. The van der Waals surface area contributed by atoms with Crippen molar-refractivity contribution >= 4 is 5.69 Å². The molecule has 1 unspecified atom stereocenters. The van der Waals surface area contributed by atoms with Crippen LogP contribution in [0.1, 0.15) is 25.7 Å². The van der Waals surface area contributed by atoms with Gasteiger partial charge in [-0.1, -0.05) is 85.0 Å². The predicted molar refractivity (Wildman–Crippen MR) is 133 cm³/mol. The number of hydrogen-bond acceptors (Lipinski definition) is 1. The first-order chi connectivity index (χ1) is 15.4. The van der Waals surface area contributed by atoms with Crippen molar-refractivity contribution in [1.82, 2.24) is 0 Å². The van der Waals surface area contributed by atoms with Crippen LogP contribution in [0.4, 0.5) is 5.69 Å². The molecule has 0 saturated carbocycles. The zero-order valence-corrected chi connectivity index (χ0v) is 18.0. The molecule has 1 heteroatoms. The molecule has 0 spiro atoms. The summed E-state index contributed by atoms with van der Waals surface area (Å²) in [6, 6.07) is 19.7. The Morgan fingerprint density at radius 3 is 2.48 bits per heavy atom. The first-order valence-electron chi connectivity index (χ1n) is 11.4. The summed E-state index contributed by atoms with van der Waals surface area (Å²) in [6.07, 6.45) is 25.1. The Kier molecular flexibility index (Phi) is 5.84. The Hall–Kier alpha value is -3.32. The lowest BCUT2D eigenvalue weighted by atomic mass is 9.82. The van der Waals surface area contributed by atoms with Crippen molar-refractivity contribution in [2.75, 3.05) is 11.4 Å². The third-order valence-electron chi connectivity index (χ3n) is 6.39. The van der Waals surface area contributed by atoms with Gasteiger partial charge in [0.1, 0.15) is 0 Å². The van der Waals surface area contributed by atoms with E-state index in [1.807, 2.05) is 0 Å². The van der Waals surface area contributed by atoms with Gasteiger partial charge >= 0.3 is 0 Å². The van der Waals surface area contributed by atoms with Crippen molar-refractivity contribution in [3.63, 3.8) is 0 Å². The second kappa shape index (κ2) is 9.22. The fraction of sp³-hybridized carbons (Fsp3) is 0.200. The third kappa shape index (κ3) is 4.41. The second-order valence-corrected chi connectivity index (χ2v) is 8.44. The Morgan fingerprint density at radius 2 is 1.61 bits per heavy atom. The van der Waals surface area contributed by atoms with Gasteiger partial charge in [-0.15, -0.1) is 0 Å². The molecule has 0 heterocycles. The van der Waals surface area contributed by atoms with E-state index < -0.39 is 0 Å². The minimum Gasteiger partial charge on any atom is -0.341 e. The van der Waals surface area contributed by atoms with Crippen molar-refractivity contribution in [2.24, 2.45) is 5.92 Å². The van der Waals surface area contributed by atoms with Gasteiger partial charge in [-0.25, -0.2) is 0 Å². The lowest BCUT2D eigenvalue weighted by Gasteiger charge is -2.33. The van der Waals surface area contributed by atoms with Gasteiger partial charge in [-0.2, -0.15) is 0 Å².